The predicted octanol–water partition coefficient (Wildman–Crippen LogP) is 13.8. The number of carboxylic acids is 1. The van der Waals surface area contributed by atoms with Crippen LogP contribution in [0.25, 0.3) is 0 Å². The van der Waals surface area contributed by atoms with Crippen LogP contribution in [-0.2, 0) is 84.7 Å². The first-order chi connectivity index (χ1) is 57.2. The van der Waals surface area contributed by atoms with Crippen LogP contribution >= 0.6 is 46.2 Å². The van der Waals surface area contributed by atoms with Gasteiger partial charge in [0.25, 0.3) is 0 Å². The van der Waals surface area contributed by atoms with E-state index in [4.69, 9.17) is 28.8 Å². The van der Waals surface area contributed by atoms with Gasteiger partial charge >= 0.3 is 36.2 Å². The number of thioether (sulfide) groups is 2. The molecule has 10 amide bonds. The van der Waals surface area contributed by atoms with Gasteiger partial charge in [-0.3, -0.25) is 64.3 Å². The number of hydrogen-bond donors (Lipinski definition) is 11. The molecule has 0 spiro atoms. The van der Waals surface area contributed by atoms with Crippen molar-refractivity contribution in [3.63, 3.8) is 0 Å². The second kappa shape index (κ2) is 47.4. The van der Waals surface area contributed by atoms with Crippen LogP contribution in [-0.4, -0.2) is 166 Å². The summed E-state index contributed by atoms with van der Waals surface area (Å²) < 4.78 is 26.8. The van der Waals surface area contributed by atoms with Gasteiger partial charge in [0, 0.05) is 41.5 Å². The van der Waals surface area contributed by atoms with Crippen LogP contribution in [0, 0.1) is 11.8 Å². The molecule has 0 unspecified atom stereocenters. The van der Waals surface area contributed by atoms with Gasteiger partial charge in [0.1, 0.15) is 83.7 Å². The molecule has 4 aliphatic rings. The molecule has 0 saturated carbocycles. The van der Waals surface area contributed by atoms with Crippen molar-refractivity contribution < 1.29 is 91.1 Å². The first kappa shape index (κ1) is 101. The van der Waals surface area contributed by atoms with Gasteiger partial charge in [-0.15, -0.1) is 65.9 Å². The van der Waals surface area contributed by atoms with Crippen LogP contribution in [0.2, 0.25) is 0 Å². The molecule has 37 heteroatoms. The lowest BCUT2D eigenvalue weighted by Gasteiger charge is -2.27. The number of cyclic esters (lactones) is 2. The molecule has 4 aliphatic heterocycles. The molecule has 3 aromatic carbocycles. The molecule has 658 valence electrons. The third-order valence-electron chi connectivity index (χ3n) is 16.2. The molecular weight excluding hydrogens is 1650 g/mol. The number of para-hydroxylation sites is 6. The zero-order valence-corrected chi connectivity index (χ0v) is 74.4. The van der Waals surface area contributed by atoms with Crippen molar-refractivity contribution in [2.24, 2.45) is 21.8 Å². The van der Waals surface area contributed by atoms with Crippen molar-refractivity contribution in [2.45, 2.75) is 208 Å². The molecule has 122 heavy (non-hydrogen) atoms. The highest BCUT2D eigenvalue weighted by Crippen LogP contribution is 2.35. The lowest BCUT2D eigenvalue weighted by molar-refractivity contribution is -0.154. The number of nitrogens with zero attached hydrogens (tertiary/aromatic N) is 4. The zero-order valence-electron chi connectivity index (χ0n) is 71.1. The topological polar surface area (TPSA) is 459 Å². The number of hydrogen-bond acceptors (Lipinski definition) is 26. The van der Waals surface area contributed by atoms with Crippen LogP contribution < -0.4 is 53.2 Å². The first-order valence-corrected chi connectivity index (χ1v) is 42.4. The summed E-state index contributed by atoms with van der Waals surface area (Å²) in [7, 11) is 0. The van der Waals surface area contributed by atoms with Gasteiger partial charge < -0.3 is 66.0 Å². The lowest BCUT2D eigenvalue weighted by atomic mass is 10.0. The van der Waals surface area contributed by atoms with E-state index in [-0.39, 0.29) is 87.1 Å². The van der Waals surface area contributed by atoms with E-state index in [9.17, 15) is 62.3 Å². The molecular formula is C85H110N14O19S4. The number of nitrogens with one attached hydrogen (secondary N) is 10. The minimum atomic E-state index is -1.10. The summed E-state index contributed by atoms with van der Waals surface area (Å²) in [5.74, 6) is -4.08. The van der Waals surface area contributed by atoms with E-state index in [0.717, 1.165) is 5.01 Å². The Morgan fingerprint density at radius 1 is 0.508 bits per heavy atom. The fourth-order valence-corrected chi connectivity index (χ4v) is 14.2. The van der Waals surface area contributed by atoms with Crippen molar-refractivity contribution in [1.82, 2.24) is 31.2 Å². The summed E-state index contributed by atoms with van der Waals surface area (Å²) in [5.41, 5.74) is 0.0877. The number of fused-ring (bicyclic) bond motifs is 8. The zero-order chi connectivity index (χ0) is 90.9. The maximum Gasteiger partial charge on any atom is 0.412 e. The average Bonchev–Trinajstić information content (AvgIpc) is 1.65. The molecule has 0 fully saturated rings. The fraction of sp³-hybridized carbons (Fsp3) is 0.424. The molecule has 11 N–H and O–H groups in total. The minimum absolute atomic E-state index is 0.0491. The normalized spacial score (nSPS) is 19.2. The van der Waals surface area contributed by atoms with Crippen molar-refractivity contribution >= 4 is 168 Å². The van der Waals surface area contributed by atoms with E-state index < -0.39 is 106 Å². The van der Waals surface area contributed by atoms with Crippen molar-refractivity contribution in [3.05, 3.63) is 168 Å². The number of aromatic nitrogens is 2. The van der Waals surface area contributed by atoms with Crippen LogP contribution in [0.1, 0.15) is 164 Å². The van der Waals surface area contributed by atoms with Gasteiger partial charge in [0.2, 0.25) is 41.4 Å². The van der Waals surface area contributed by atoms with Crippen LogP contribution in [0.5, 0.6) is 0 Å². The highest BCUT2D eigenvalue weighted by molar-refractivity contribution is 8.15. The SMILES string of the molecule is C=CCC(=O)Nc1ccccc1NC(=O)OC(C)(C)C.C=CCC(=O)Nc1ccccc1NC(=O)OC(C)(C)C.C=CCC(=O)O.C=C[C@@H]1CC(=O)NCc2nc(cs2)C2=N[C@@](C)(CS2)C(=O)N[C@@H](C(C)C)C(=O)O1.CC(C)[C@@H]1NC(=O)[C@]2(C)CSC(=N2)c2csc(n2)CNC(=O)C[C@@H](/C=C/CC(=O)Nc2ccccc2NC(=O)OC(C)(C)C)OC1=O. The number of esters is 2. The van der Waals surface area contributed by atoms with Gasteiger partial charge in [-0.1, -0.05) is 101 Å². The van der Waals surface area contributed by atoms with Crippen molar-refractivity contribution in [2.75, 3.05) is 43.4 Å². The maximum atomic E-state index is 13.4. The Kier molecular flexibility index (Phi) is 39.1. The fourth-order valence-electron chi connectivity index (χ4n) is 10.3. The summed E-state index contributed by atoms with van der Waals surface area (Å²) in [6.07, 6.45) is 5.21. The van der Waals surface area contributed by atoms with Gasteiger partial charge in [-0.25, -0.2) is 33.9 Å². The number of thiazole rings is 2. The summed E-state index contributed by atoms with van der Waals surface area (Å²) in [4.78, 5) is 177. The Balaban J connectivity index is 0.000000301. The second-order valence-electron chi connectivity index (χ2n) is 31.4. The van der Waals surface area contributed by atoms with E-state index >= 15 is 0 Å². The predicted molar refractivity (Wildman–Crippen MR) is 476 cm³/mol. The van der Waals surface area contributed by atoms with E-state index in [1.807, 2.05) is 24.6 Å². The number of rotatable bonds is 18. The molecule has 6 atom stereocenters. The summed E-state index contributed by atoms with van der Waals surface area (Å²) in [6, 6.07) is 18.6. The monoisotopic (exact) mass is 1760 g/mol. The van der Waals surface area contributed by atoms with Gasteiger partial charge in [0.15, 0.2) is 0 Å². The van der Waals surface area contributed by atoms with Gasteiger partial charge in [-0.2, -0.15) is 0 Å². The Hall–Kier alpha value is -11.8. The number of ether oxygens (including phenoxy) is 5. The number of aliphatic imine (C=N–C) groups is 2. The standard InChI is InChI=1S/C32H40N6O7S2.C19H24N4O4S2.2C15H20N2O3.C4H6O2/c1-18(2)26-28(41)44-19(10-9-13-23(39)34-20-11-7-8-12-21(20)36-30(43)45-31(3,4)5)14-24(40)33-15-25-35-22(16-46-25)27-38-32(6,17-47-27)29(42)37-26;1-5-11-6-13(24)20-7-14-21-12(8-28-14)16-23-19(4,9-29-16)18(26)22-15(10(2)3)17(25)27-11;2*1-5-8-13(18)16-11-9-6-7-10-12(11)17-14(19)20-15(2,3)4;1-2-3-4(5)6/h7-12,16,18-19,26H,13-15,17H2,1-6H3,(H,33,40)(H,34,39)(H,36,43)(H,37,42);5,8,10-11,15H,1,6-7,9H2,2-4H3,(H,20,24)(H,22,26);2*5-7,9-10H,1,8H2,2-4H3,(H,16,18)(H,17,19);2H,1,3H2,(H,5,6)/b10-9+;;;;/t19-,26+,32+;11-,15+,19+;;;/m11.../s1. The molecule has 5 aromatic rings. The van der Waals surface area contributed by atoms with E-state index in [2.05, 4.69) is 99.4 Å². The molecule has 0 saturated heterocycles. The number of amides is 10. The maximum absolute atomic E-state index is 13.4. The molecule has 0 aliphatic carbocycles. The Morgan fingerprint density at radius 2 is 0.828 bits per heavy atom. The number of benzene rings is 3. The third-order valence-corrected chi connectivity index (χ3v) is 20.5. The number of carboxylic acid groups (broad SMARTS) is 1. The highest BCUT2D eigenvalue weighted by atomic mass is 32.2. The van der Waals surface area contributed by atoms with Crippen LogP contribution in [0.3, 0.4) is 0 Å². The summed E-state index contributed by atoms with van der Waals surface area (Å²) in [5, 5.41) is 41.4. The summed E-state index contributed by atoms with van der Waals surface area (Å²) >= 11 is 5.64. The number of anilines is 6. The molecule has 0 radical (unpaired) electrons. The molecule has 2 aromatic heterocycles. The Morgan fingerprint density at radius 3 is 1.13 bits per heavy atom. The Bertz CT molecular complexity index is 4620. The molecule has 33 nitrogen and oxygen atoms in total. The van der Waals surface area contributed by atoms with Crippen molar-refractivity contribution in [1.29, 1.82) is 0 Å². The molecule has 8 bridgehead atoms. The number of carbonyl (C=O) groups excluding carboxylic acids is 12. The lowest BCUT2D eigenvalue weighted by Crippen LogP contribution is -2.53. The molecule has 9 rings (SSSR count). The smallest absolute Gasteiger partial charge is 0.412 e. The largest absolute Gasteiger partial charge is 0.481 e. The molecule has 6 heterocycles. The highest BCUT2D eigenvalue weighted by Gasteiger charge is 2.44. The third kappa shape index (κ3) is 35.5. The average molecular weight is 1760 g/mol. The number of aliphatic carboxylic acids is 1. The van der Waals surface area contributed by atoms with E-state index in [1.165, 1.54) is 82.7 Å². The Labute approximate surface area is 726 Å². The van der Waals surface area contributed by atoms with E-state index in [1.54, 1.807) is 163 Å². The summed E-state index contributed by atoms with van der Waals surface area (Å²) in [6.45, 7) is 40.9. The second-order valence-corrected chi connectivity index (χ2v) is 35.2. The quantitative estimate of drug-likeness (QED) is 0.0220. The van der Waals surface area contributed by atoms with Gasteiger partial charge in [0.05, 0.1) is 66.5 Å². The van der Waals surface area contributed by atoms with Crippen LogP contribution in [0.15, 0.2) is 156 Å². The van der Waals surface area contributed by atoms with Gasteiger partial charge in [-0.05, 0) is 130 Å². The minimum Gasteiger partial charge on any atom is -0.481 e. The van der Waals surface area contributed by atoms with Crippen LogP contribution in [0.4, 0.5) is 48.5 Å². The van der Waals surface area contributed by atoms with E-state index in [0.29, 0.717) is 72.1 Å². The number of carbonyl (C=O) groups is 13. The first-order valence-electron chi connectivity index (χ1n) is 38.7. The van der Waals surface area contributed by atoms with Crippen molar-refractivity contribution in [3.8, 4) is 0 Å².